The van der Waals surface area contributed by atoms with Gasteiger partial charge in [-0.1, -0.05) is 49.6 Å². The molecule has 2 heterocycles. The van der Waals surface area contributed by atoms with Crippen LogP contribution >= 0.6 is 0 Å². The van der Waals surface area contributed by atoms with Gasteiger partial charge in [-0.2, -0.15) is 0 Å². The van der Waals surface area contributed by atoms with Crippen molar-refractivity contribution >= 4 is 29.8 Å². The molecule has 2 aliphatic rings. The van der Waals surface area contributed by atoms with Crippen LogP contribution in [-0.4, -0.2) is 87.2 Å². The van der Waals surface area contributed by atoms with Gasteiger partial charge in [-0.05, 0) is 58.4 Å². The third-order valence-electron chi connectivity index (χ3n) is 8.99. The predicted octanol–water partition coefficient (Wildman–Crippen LogP) is 2.96. The van der Waals surface area contributed by atoms with Gasteiger partial charge in [0.25, 0.3) is 0 Å². The summed E-state index contributed by atoms with van der Waals surface area (Å²) in [6.45, 7) is 5.53. The molecule has 0 unspecified atom stereocenters. The Morgan fingerprint density at radius 1 is 0.958 bits per heavy atom. The molecule has 13 heteroatoms. The van der Waals surface area contributed by atoms with Crippen LogP contribution in [0.4, 0.5) is 4.79 Å². The third-order valence-corrected chi connectivity index (χ3v) is 8.99. The van der Waals surface area contributed by atoms with E-state index in [1.807, 2.05) is 30.3 Å². The fourth-order valence-electron chi connectivity index (χ4n) is 6.47. The van der Waals surface area contributed by atoms with E-state index < -0.39 is 59.0 Å². The number of ether oxygens (including phenoxy) is 2. The molecule has 1 aromatic heterocycles. The van der Waals surface area contributed by atoms with Gasteiger partial charge in [0.1, 0.15) is 29.3 Å². The summed E-state index contributed by atoms with van der Waals surface area (Å²) < 4.78 is 12.2. The first kappa shape index (κ1) is 36.4. The second-order valence-electron chi connectivity index (χ2n) is 13.8. The van der Waals surface area contributed by atoms with Gasteiger partial charge in [-0.3, -0.25) is 14.4 Å². The minimum atomic E-state index is -1.26. The molecule has 4 amide bonds. The maximum atomic E-state index is 14.2. The van der Waals surface area contributed by atoms with Crippen LogP contribution in [0.3, 0.4) is 0 Å². The molecule has 0 bridgehead atoms. The van der Waals surface area contributed by atoms with E-state index in [1.54, 1.807) is 44.9 Å². The van der Waals surface area contributed by atoms with Gasteiger partial charge in [0.15, 0.2) is 0 Å². The molecule has 48 heavy (non-hydrogen) atoms. The molecule has 0 spiro atoms. The monoisotopic (exact) mass is 666 g/mol. The van der Waals surface area contributed by atoms with Crippen molar-refractivity contribution < 1.29 is 33.4 Å². The number of carbonyl (C=O) groups excluding carboxylic acids is 5. The van der Waals surface area contributed by atoms with Crippen LogP contribution in [0.2, 0.25) is 0 Å². The molecular weight excluding hydrogens is 616 g/mol. The lowest BCUT2D eigenvalue weighted by molar-refractivity contribution is -0.148. The summed E-state index contributed by atoms with van der Waals surface area (Å²) in [6, 6.07) is 6.51. The lowest BCUT2D eigenvalue weighted by Crippen LogP contribution is -2.66. The molecular formula is C35H50N6O7. The Balaban J connectivity index is 1.55. The fraction of sp³-hybridized carbons (Fsp3) is 0.600. The van der Waals surface area contributed by atoms with Crippen molar-refractivity contribution in [3.05, 3.63) is 54.1 Å². The first-order valence-electron chi connectivity index (χ1n) is 16.8. The number of benzene rings is 1. The Morgan fingerprint density at radius 2 is 1.67 bits per heavy atom. The van der Waals surface area contributed by atoms with Gasteiger partial charge in [0.05, 0.1) is 13.4 Å². The van der Waals surface area contributed by atoms with Crippen molar-refractivity contribution in [2.75, 3.05) is 13.7 Å². The van der Waals surface area contributed by atoms with Crippen molar-refractivity contribution in [1.82, 2.24) is 30.4 Å². The molecule has 13 nitrogen and oxygen atoms in total. The quantitative estimate of drug-likeness (QED) is 0.309. The van der Waals surface area contributed by atoms with E-state index in [0.29, 0.717) is 38.6 Å². The minimum Gasteiger partial charge on any atom is -0.467 e. The summed E-state index contributed by atoms with van der Waals surface area (Å²) in [4.78, 5) is 73.7. The zero-order valence-corrected chi connectivity index (χ0v) is 28.8. The van der Waals surface area contributed by atoms with Gasteiger partial charge in [0, 0.05) is 38.3 Å². The first-order chi connectivity index (χ1) is 22.8. The van der Waals surface area contributed by atoms with Gasteiger partial charge >= 0.3 is 12.1 Å². The highest BCUT2D eigenvalue weighted by Gasteiger charge is 2.45. The number of rotatable bonds is 11. The number of nitrogens with zero attached hydrogens (tertiary/aromatic N) is 3. The first-order valence-corrected chi connectivity index (χ1v) is 16.8. The molecule has 1 aromatic carbocycles. The van der Waals surface area contributed by atoms with Crippen molar-refractivity contribution in [3.8, 4) is 0 Å². The largest absolute Gasteiger partial charge is 0.467 e. The Kier molecular flexibility index (Phi) is 12.2. The molecule has 3 atom stereocenters. The van der Waals surface area contributed by atoms with Crippen LogP contribution in [0.5, 0.6) is 0 Å². The normalized spacial score (nSPS) is 18.9. The van der Waals surface area contributed by atoms with E-state index in [2.05, 4.69) is 20.9 Å². The van der Waals surface area contributed by atoms with Crippen molar-refractivity contribution in [3.63, 3.8) is 0 Å². The average Bonchev–Trinajstić information content (AvgIpc) is 3.47. The Labute approximate surface area is 282 Å². The average molecular weight is 667 g/mol. The number of amides is 4. The summed E-state index contributed by atoms with van der Waals surface area (Å²) in [5.74, 6) is -1.88. The van der Waals surface area contributed by atoms with Crippen LogP contribution in [-0.2, 0) is 48.5 Å². The number of piperidine rings is 1. The van der Waals surface area contributed by atoms with E-state index in [4.69, 9.17) is 9.47 Å². The number of imidazole rings is 1. The SMILES string of the molecule is COC(=O)[C@H](Cc1ccccc1)NC(=O)C1(NC(=O)[C@H]2CCCCN2C(=O)[C@H](Cc2cncn2C)NC(=O)OC(C)(C)C)CCCCC1. The van der Waals surface area contributed by atoms with Crippen LogP contribution in [0.1, 0.15) is 83.4 Å². The van der Waals surface area contributed by atoms with Gasteiger partial charge < -0.3 is 34.9 Å². The number of esters is 1. The zero-order chi connectivity index (χ0) is 34.9. The lowest BCUT2D eigenvalue weighted by atomic mass is 9.80. The fourth-order valence-corrected chi connectivity index (χ4v) is 6.47. The van der Waals surface area contributed by atoms with E-state index >= 15 is 0 Å². The Bertz CT molecular complexity index is 1430. The smallest absolute Gasteiger partial charge is 0.408 e. The number of carbonyl (C=O) groups is 5. The number of aryl methyl sites for hydroxylation is 1. The second-order valence-corrected chi connectivity index (χ2v) is 13.8. The summed E-state index contributed by atoms with van der Waals surface area (Å²) in [5, 5.41) is 8.66. The number of nitrogens with one attached hydrogen (secondary N) is 3. The molecule has 262 valence electrons. The number of alkyl carbamates (subject to hydrolysis) is 1. The summed E-state index contributed by atoms with van der Waals surface area (Å²) in [5.41, 5.74) is -0.462. The maximum absolute atomic E-state index is 14.2. The van der Waals surface area contributed by atoms with E-state index in [1.165, 1.54) is 12.0 Å². The zero-order valence-electron chi connectivity index (χ0n) is 28.8. The standard InChI is InChI=1S/C35H50N6O7/c1-34(2,3)48-33(46)38-26(21-25-22-36-23-40(25)4)30(43)41-19-13-10-16-28(41)29(42)39-35(17-11-7-12-18-35)32(45)37-27(31(44)47-5)20-24-14-8-6-9-15-24/h6,8-9,14-15,22-23,26-28H,7,10-13,16-21H2,1-5H3,(H,37,45)(H,38,46)(H,39,42)/t26-,27-,28+/m0/s1. The summed E-state index contributed by atoms with van der Waals surface area (Å²) in [7, 11) is 3.08. The highest BCUT2D eigenvalue weighted by Crippen LogP contribution is 2.30. The number of hydrogen-bond acceptors (Lipinski definition) is 8. The minimum absolute atomic E-state index is 0.141. The molecule has 1 saturated heterocycles. The van der Waals surface area contributed by atoms with Crippen molar-refractivity contribution in [1.29, 1.82) is 0 Å². The van der Waals surface area contributed by atoms with E-state index in [-0.39, 0.29) is 12.8 Å². The van der Waals surface area contributed by atoms with Crippen LogP contribution in [0.25, 0.3) is 0 Å². The van der Waals surface area contributed by atoms with Crippen LogP contribution < -0.4 is 16.0 Å². The molecule has 4 rings (SSSR count). The molecule has 0 radical (unpaired) electrons. The van der Waals surface area contributed by atoms with E-state index in [9.17, 15) is 24.0 Å². The second kappa shape index (κ2) is 16.1. The molecule has 1 aliphatic heterocycles. The topological polar surface area (TPSA) is 161 Å². The number of hydrogen-bond donors (Lipinski definition) is 3. The highest BCUT2D eigenvalue weighted by atomic mass is 16.6. The van der Waals surface area contributed by atoms with E-state index in [0.717, 1.165) is 30.5 Å². The Hall–Kier alpha value is -4.42. The van der Waals surface area contributed by atoms with Gasteiger partial charge in [0.2, 0.25) is 17.7 Å². The maximum Gasteiger partial charge on any atom is 0.408 e. The van der Waals surface area contributed by atoms with Crippen LogP contribution in [0, 0.1) is 0 Å². The van der Waals surface area contributed by atoms with Crippen LogP contribution in [0.15, 0.2) is 42.9 Å². The highest BCUT2D eigenvalue weighted by molar-refractivity contribution is 5.97. The van der Waals surface area contributed by atoms with Crippen molar-refractivity contribution in [2.45, 2.75) is 114 Å². The summed E-state index contributed by atoms with van der Waals surface area (Å²) in [6.07, 6.45) is 7.82. The molecule has 2 aromatic rings. The molecule has 2 fully saturated rings. The molecule has 3 N–H and O–H groups in total. The lowest BCUT2D eigenvalue weighted by Gasteiger charge is -2.41. The number of likely N-dealkylation sites (tertiary alicyclic amines) is 1. The molecule has 1 saturated carbocycles. The molecule has 1 aliphatic carbocycles. The van der Waals surface area contributed by atoms with Gasteiger partial charge in [-0.25, -0.2) is 14.6 Å². The van der Waals surface area contributed by atoms with Crippen molar-refractivity contribution in [2.24, 2.45) is 7.05 Å². The summed E-state index contributed by atoms with van der Waals surface area (Å²) >= 11 is 0. The Morgan fingerprint density at radius 3 is 2.29 bits per heavy atom. The van der Waals surface area contributed by atoms with Gasteiger partial charge in [-0.15, -0.1) is 0 Å². The third kappa shape index (κ3) is 9.57. The predicted molar refractivity (Wildman–Crippen MR) is 177 cm³/mol. The number of methoxy groups -OCH3 is 1. The number of aromatic nitrogens is 2.